The van der Waals surface area contributed by atoms with Crippen LogP contribution in [0, 0.1) is 0 Å². The fraction of sp³-hybridized carbons (Fsp3) is 0.200. The SMILES string of the molecule is CC1=C(N)Nc2cc(C(C)(N)c3ccsc3)ccc2O1. The summed E-state index contributed by atoms with van der Waals surface area (Å²) < 4.78 is 5.66. The third kappa shape index (κ3) is 2.05. The molecule has 0 radical (unpaired) electrons. The number of anilines is 1. The smallest absolute Gasteiger partial charge is 0.150 e. The number of ether oxygens (including phenoxy) is 1. The molecule has 1 aliphatic rings. The van der Waals surface area contributed by atoms with Crippen LogP contribution in [0.2, 0.25) is 0 Å². The molecule has 0 bridgehead atoms. The van der Waals surface area contributed by atoms with Gasteiger partial charge in [-0.2, -0.15) is 11.3 Å². The largest absolute Gasteiger partial charge is 0.456 e. The minimum Gasteiger partial charge on any atom is -0.456 e. The highest BCUT2D eigenvalue weighted by Gasteiger charge is 2.26. The second-order valence-corrected chi connectivity index (χ2v) is 5.90. The molecule has 0 aliphatic carbocycles. The summed E-state index contributed by atoms with van der Waals surface area (Å²) in [5.74, 6) is 1.98. The molecule has 2 heterocycles. The Kier molecular flexibility index (Phi) is 2.96. The highest BCUT2D eigenvalue weighted by Crippen LogP contribution is 2.36. The van der Waals surface area contributed by atoms with E-state index in [1.165, 1.54) is 0 Å². The molecule has 1 aromatic heterocycles. The van der Waals surface area contributed by atoms with Gasteiger partial charge in [0.1, 0.15) is 11.6 Å². The Bertz CT molecular complexity index is 674. The van der Waals surface area contributed by atoms with Gasteiger partial charge in [0.25, 0.3) is 0 Å². The van der Waals surface area contributed by atoms with E-state index in [0.29, 0.717) is 11.6 Å². The predicted molar refractivity (Wildman–Crippen MR) is 82.5 cm³/mol. The third-order valence-corrected chi connectivity index (χ3v) is 4.30. The average Bonchev–Trinajstić information content (AvgIpc) is 2.94. The lowest BCUT2D eigenvalue weighted by Gasteiger charge is -2.27. The lowest BCUT2D eigenvalue weighted by molar-refractivity contribution is 0.415. The molecular formula is C15H17N3OS. The monoisotopic (exact) mass is 287 g/mol. The first-order valence-corrected chi connectivity index (χ1v) is 7.30. The van der Waals surface area contributed by atoms with Gasteiger partial charge in [0.05, 0.1) is 11.2 Å². The summed E-state index contributed by atoms with van der Waals surface area (Å²) in [5.41, 5.74) is 14.8. The summed E-state index contributed by atoms with van der Waals surface area (Å²) in [6.07, 6.45) is 0. The van der Waals surface area contributed by atoms with Crippen LogP contribution in [-0.4, -0.2) is 0 Å². The molecule has 1 unspecified atom stereocenters. The third-order valence-electron chi connectivity index (χ3n) is 3.61. The van der Waals surface area contributed by atoms with Crippen molar-refractivity contribution in [1.29, 1.82) is 0 Å². The summed E-state index contributed by atoms with van der Waals surface area (Å²) in [6, 6.07) is 7.96. The maximum atomic E-state index is 6.49. The first-order chi connectivity index (χ1) is 9.48. The van der Waals surface area contributed by atoms with Crippen LogP contribution in [0.1, 0.15) is 25.0 Å². The molecule has 0 fully saturated rings. The van der Waals surface area contributed by atoms with E-state index < -0.39 is 5.54 Å². The van der Waals surface area contributed by atoms with Gasteiger partial charge >= 0.3 is 0 Å². The lowest BCUT2D eigenvalue weighted by atomic mass is 9.87. The summed E-state index contributed by atoms with van der Waals surface area (Å²) in [6.45, 7) is 3.84. The maximum Gasteiger partial charge on any atom is 0.150 e. The highest BCUT2D eigenvalue weighted by atomic mass is 32.1. The molecule has 2 aromatic rings. The van der Waals surface area contributed by atoms with Crippen molar-refractivity contribution in [1.82, 2.24) is 0 Å². The average molecular weight is 287 g/mol. The van der Waals surface area contributed by atoms with E-state index in [2.05, 4.69) is 10.7 Å². The zero-order chi connectivity index (χ0) is 14.3. The molecule has 3 rings (SSSR count). The fourth-order valence-electron chi connectivity index (χ4n) is 2.22. The van der Waals surface area contributed by atoms with Crippen LogP contribution in [0.3, 0.4) is 0 Å². The van der Waals surface area contributed by atoms with Crippen LogP contribution in [-0.2, 0) is 5.54 Å². The van der Waals surface area contributed by atoms with E-state index in [-0.39, 0.29) is 0 Å². The molecule has 5 heteroatoms. The zero-order valence-electron chi connectivity index (χ0n) is 11.4. The number of nitrogens with one attached hydrogen (secondary N) is 1. The van der Waals surface area contributed by atoms with Crippen molar-refractivity contribution >= 4 is 17.0 Å². The van der Waals surface area contributed by atoms with Gasteiger partial charge in [-0.15, -0.1) is 0 Å². The van der Waals surface area contributed by atoms with Gasteiger partial charge in [0, 0.05) is 0 Å². The molecule has 1 atom stereocenters. The Morgan fingerprint density at radius 2 is 2.05 bits per heavy atom. The molecule has 0 saturated carbocycles. The van der Waals surface area contributed by atoms with Crippen LogP contribution in [0.5, 0.6) is 5.75 Å². The van der Waals surface area contributed by atoms with Gasteiger partial charge in [-0.05, 0) is 53.9 Å². The predicted octanol–water partition coefficient (Wildman–Crippen LogP) is 2.92. The van der Waals surface area contributed by atoms with Crippen LogP contribution < -0.4 is 21.5 Å². The van der Waals surface area contributed by atoms with Crippen molar-refractivity contribution in [2.45, 2.75) is 19.4 Å². The molecule has 4 nitrogen and oxygen atoms in total. The second kappa shape index (κ2) is 4.54. The first-order valence-electron chi connectivity index (χ1n) is 6.36. The van der Waals surface area contributed by atoms with Crippen molar-refractivity contribution in [3.05, 3.63) is 57.7 Å². The number of benzene rings is 1. The van der Waals surface area contributed by atoms with Gasteiger partial charge < -0.3 is 21.5 Å². The number of fused-ring (bicyclic) bond motifs is 1. The molecule has 1 aliphatic heterocycles. The van der Waals surface area contributed by atoms with E-state index in [4.69, 9.17) is 16.2 Å². The molecule has 0 spiro atoms. The van der Waals surface area contributed by atoms with E-state index in [9.17, 15) is 0 Å². The van der Waals surface area contributed by atoms with Crippen molar-refractivity contribution < 1.29 is 4.74 Å². The van der Waals surface area contributed by atoms with Gasteiger partial charge in [0.15, 0.2) is 5.75 Å². The Morgan fingerprint density at radius 1 is 1.25 bits per heavy atom. The van der Waals surface area contributed by atoms with Gasteiger partial charge in [-0.25, -0.2) is 0 Å². The fourth-order valence-corrected chi connectivity index (χ4v) is 2.99. The van der Waals surface area contributed by atoms with Crippen LogP contribution in [0.15, 0.2) is 46.6 Å². The van der Waals surface area contributed by atoms with Crippen LogP contribution in [0.25, 0.3) is 0 Å². The van der Waals surface area contributed by atoms with E-state index >= 15 is 0 Å². The number of thiophene rings is 1. The molecule has 104 valence electrons. The topological polar surface area (TPSA) is 73.3 Å². The van der Waals surface area contributed by atoms with Gasteiger partial charge in [-0.3, -0.25) is 0 Å². The molecule has 5 N–H and O–H groups in total. The van der Waals surface area contributed by atoms with E-state index in [1.54, 1.807) is 11.3 Å². The first kappa shape index (κ1) is 13.0. The molecule has 1 aromatic carbocycles. The minimum absolute atomic E-state index is 0.531. The zero-order valence-corrected chi connectivity index (χ0v) is 12.3. The molecule has 0 amide bonds. The van der Waals surface area contributed by atoms with Crippen molar-refractivity contribution in [2.75, 3.05) is 5.32 Å². The summed E-state index contributed by atoms with van der Waals surface area (Å²) in [4.78, 5) is 0. The van der Waals surface area contributed by atoms with Gasteiger partial charge in [-0.1, -0.05) is 6.07 Å². The van der Waals surface area contributed by atoms with Crippen molar-refractivity contribution in [2.24, 2.45) is 11.5 Å². The summed E-state index contributed by atoms with van der Waals surface area (Å²) >= 11 is 1.64. The Balaban J connectivity index is 2.01. The van der Waals surface area contributed by atoms with Crippen LogP contribution in [0.4, 0.5) is 5.69 Å². The normalized spacial score (nSPS) is 16.9. The van der Waals surface area contributed by atoms with Crippen molar-refractivity contribution in [3.8, 4) is 5.75 Å². The maximum absolute atomic E-state index is 6.49. The molecular weight excluding hydrogens is 270 g/mol. The van der Waals surface area contributed by atoms with Crippen molar-refractivity contribution in [3.63, 3.8) is 0 Å². The Labute approximate surface area is 122 Å². The Morgan fingerprint density at radius 3 is 2.75 bits per heavy atom. The van der Waals surface area contributed by atoms with Crippen LogP contribution >= 0.6 is 11.3 Å². The molecule has 20 heavy (non-hydrogen) atoms. The standard InChI is InChI=1S/C15H17N3OS/c1-9-14(16)18-12-7-10(3-4-13(12)19-9)15(2,17)11-5-6-20-8-11/h3-8,18H,16-17H2,1-2H3. The number of hydrogen-bond donors (Lipinski definition) is 3. The van der Waals surface area contributed by atoms with Gasteiger partial charge in [0.2, 0.25) is 0 Å². The number of nitrogens with two attached hydrogens (primary N) is 2. The highest BCUT2D eigenvalue weighted by molar-refractivity contribution is 7.08. The number of rotatable bonds is 2. The number of allylic oxidation sites excluding steroid dienone is 1. The number of hydrogen-bond acceptors (Lipinski definition) is 5. The van der Waals surface area contributed by atoms with E-state index in [1.807, 2.05) is 43.5 Å². The lowest BCUT2D eigenvalue weighted by Crippen LogP contribution is -2.34. The minimum atomic E-state index is -0.540. The second-order valence-electron chi connectivity index (χ2n) is 5.12. The Hall–Kier alpha value is -1.98. The summed E-state index contributed by atoms with van der Waals surface area (Å²) in [7, 11) is 0. The quantitative estimate of drug-likeness (QED) is 0.794. The molecule has 0 saturated heterocycles. The summed E-state index contributed by atoms with van der Waals surface area (Å²) in [5, 5.41) is 7.25. The van der Waals surface area contributed by atoms with E-state index in [0.717, 1.165) is 22.6 Å².